The van der Waals surface area contributed by atoms with E-state index >= 15 is 0 Å². The maximum Gasteiger partial charge on any atom is 0.338 e. The van der Waals surface area contributed by atoms with E-state index in [0.717, 1.165) is 29.1 Å². The second kappa shape index (κ2) is 7.88. The summed E-state index contributed by atoms with van der Waals surface area (Å²) in [5.41, 5.74) is 2.94. The minimum atomic E-state index is -0.240. The molecule has 0 aliphatic heterocycles. The zero-order valence-electron chi connectivity index (χ0n) is 9.84. The lowest BCUT2D eigenvalue weighted by molar-refractivity contribution is 0.0526. The van der Waals surface area contributed by atoms with Crippen molar-refractivity contribution >= 4 is 37.8 Å². The van der Waals surface area contributed by atoms with Crippen LogP contribution in [0.2, 0.25) is 0 Å². The number of carbonyl (C=O) groups excluding carboxylic acids is 1. The van der Waals surface area contributed by atoms with E-state index in [1.54, 1.807) is 0 Å². The van der Waals surface area contributed by atoms with Crippen LogP contribution in [0.25, 0.3) is 0 Å². The topological polar surface area (TPSA) is 26.3 Å². The Labute approximate surface area is 119 Å². The van der Waals surface area contributed by atoms with Gasteiger partial charge in [-0.2, -0.15) is 0 Å². The molecule has 1 rings (SSSR count). The molecule has 2 nitrogen and oxygen atoms in total. The molecular weight excluding hydrogens is 348 g/mol. The molecule has 0 unspecified atom stereocenters. The van der Waals surface area contributed by atoms with Crippen LogP contribution in [0, 0.1) is 0 Å². The number of hydrogen-bond donors (Lipinski definition) is 0. The lowest BCUT2D eigenvalue weighted by atomic mass is 10.0. The second-order valence-electron chi connectivity index (χ2n) is 3.68. The van der Waals surface area contributed by atoms with E-state index in [0.29, 0.717) is 12.2 Å². The van der Waals surface area contributed by atoms with Crippen LogP contribution < -0.4 is 0 Å². The summed E-state index contributed by atoms with van der Waals surface area (Å²) in [6.07, 6.45) is 2.03. The summed E-state index contributed by atoms with van der Waals surface area (Å²) < 4.78 is 5.02. The van der Waals surface area contributed by atoms with E-state index in [1.165, 1.54) is 5.56 Å². The second-order valence-corrected chi connectivity index (χ2v) is 5.04. The van der Waals surface area contributed by atoms with Gasteiger partial charge in [-0.1, -0.05) is 37.9 Å². The van der Waals surface area contributed by atoms with Crippen molar-refractivity contribution in [3.63, 3.8) is 0 Å². The first-order valence-corrected chi connectivity index (χ1v) is 7.87. The van der Waals surface area contributed by atoms with Crippen molar-refractivity contribution < 1.29 is 9.53 Å². The van der Waals surface area contributed by atoms with Gasteiger partial charge in [0, 0.05) is 10.7 Å². The van der Waals surface area contributed by atoms with Crippen LogP contribution in [0.1, 0.15) is 34.8 Å². The highest BCUT2D eigenvalue weighted by Crippen LogP contribution is 2.16. The summed E-state index contributed by atoms with van der Waals surface area (Å²) in [7, 11) is 0. The third-order valence-electron chi connectivity index (χ3n) is 2.32. The van der Waals surface area contributed by atoms with Crippen molar-refractivity contribution in [1.82, 2.24) is 0 Å². The van der Waals surface area contributed by atoms with Gasteiger partial charge in [0.1, 0.15) is 0 Å². The number of benzene rings is 1. The fourth-order valence-electron chi connectivity index (χ4n) is 1.59. The predicted octanol–water partition coefficient (Wildman–Crippen LogP) is 4.09. The van der Waals surface area contributed by atoms with Crippen molar-refractivity contribution in [1.29, 1.82) is 0 Å². The summed E-state index contributed by atoms with van der Waals surface area (Å²) in [5.74, 6) is -0.240. The van der Waals surface area contributed by atoms with Gasteiger partial charge in [0.05, 0.1) is 12.2 Å². The number of esters is 1. The van der Waals surface area contributed by atoms with E-state index < -0.39 is 0 Å². The zero-order valence-corrected chi connectivity index (χ0v) is 13.0. The number of ether oxygens (including phenoxy) is 1. The predicted molar refractivity (Wildman–Crippen MR) is 77.1 cm³/mol. The first-order valence-electron chi connectivity index (χ1n) is 5.63. The molecule has 0 aliphatic carbocycles. The zero-order chi connectivity index (χ0) is 12.7. The molecule has 4 heteroatoms. The standard InChI is InChI=1S/C13H16Br2O2/c1-2-17-13(16)12-7-10(4-3-5-14)6-11(8-12)9-15/h6-8H,2-5,9H2,1H3. The molecule has 0 saturated carbocycles. The highest BCUT2D eigenvalue weighted by Gasteiger charge is 2.09. The maximum atomic E-state index is 11.7. The largest absolute Gasteiger partial charge is 0.462 e. The van der Waals surface area contributed by atoms with Crippen LogP contribution in [0.3, 0.4) is 0 Å². The molecule has 0 bridgehead atoms. The summed E-state index contributed by atoms with van der Waals surface area (Å²) >= 11 is 6.83. The average Bonchev–Trinajstić information content (AvgIpc) is 2.36. The van der Waals surface area contributed by atoms with E-state index in [4.69, 9.17) is 4.74 Å². The molecule has 0 radical (unpaired) electrons. The summed E-state index contributed by atoms with van der Waals surface area (Å²) in [6, 6.07) is 5.93. The summed E-state index contributed by atoms with van der Waals surface area (Å²) in [4.78, 5) is 11.7. The number of hydrogen-bond acceptors (Lipinski definition) is 2. The van der Waals surface area contributed by atoms with E-state index in [2.05, 4.69) is 37.9 Å². The first kappa shape index (κ1) is 14.7. The van der Waals surface area contributed by atoms with Crippen LogP contribution >= 0.6 is 31.9 Å². The minimum Gasteiger partial charge on any atom is -0.462 e. The smallest absolute Gasteiger partial charge is 0.338 e. The Morgan fingerprint density at radius 3 is 2.53 bits per heavy atom. The molecule has 0 spiro atoms. The highest BCUT2D eigenvalue weighted by atomic mass is 79.9. The molecule has 0 atom stereocenters. The number of rotatable bonds is 6. The van der Waals surface area contributed by atoms with Gasteiger partial charge in [-0.3, -0.25) is 0 Å². The SMILES string of the molecule is CCOC(=O)c1cc(CBr)cc(CCCBr)c1. The van der Waals surface area contributed by atoms with Crippen LogP contribution in [-0.2, 0) is 16.5 Å². The fourth-order valence-corrected chi connectivity index (χ4v) is 2.19. The van der Waals surface area contributed by atoms with Gasteiger partial charge in [0.2, 0.25) is 0 Å². The fraction of sp³-hybridized carbons (Fsp3) is 0.462. The highest BCUT2D eigenvalue weighted by molar-refractivity contribution is 9.09. The Kier molecular flexibility index (Phi) is 6.82. The van der Waals surface area contributed by atoms with Crippen LogP contribution in [0.4, 0.5) is 0 Å². The lowest BCUT2D eigenvalue weighted by Gasteiger charge is -2.07. The van der Waals surface area contributed by atoms with Crippen molar-refractivity contribution in [2.45, 2.75) is 25.1 Å². The lowest BCUT2D eigenvalue weighted by Crippen LogP contribution is -2.06. The molecular formula is C13H16Br2O2. The molecule has 0 aromatic heterocycles. The number of halogens is 2. The average molecular weight is 364 g/mol. The van der Waals surface area contributed by atoms with E-state index in [1.807, 2.05) is 19.1 Å². The van der Waals surface area contributed by atoms with Gasteiger partial charge in [0.25, 0.3) is 0 Å². The first-order chi connectivity index (χ1) is 8.21. The summed E-state index contributed by atoms with van der Waals surface area (Å²) in [6.45, 7) is 2.23. The number of carbonyl (C=O) groups is 1. The van der Waals surface area contributed by atoms with Crippen LogP contribution in [-0.4, -0.2) is 17.9 Å². The minimum absolute atomic E-state index is 0.240. The molecule has 0 heterocycles. The Morgan fingerprint density at radius 1 is 1.24 bits per heavy atom. The molecule has 0 saturated heterocycles. The van der Waals surface area contributed by atoms with E-state index in [9.17, 15) is 4.79 Å². The van der Waals surface area contributed by atoms with Gasteiger partial charge in [-0.25, -0.2) is 4.79 Å². The monoisotopic (exact) mass is 362 g/mol. The maximum absolute atomic E-state index is 11.7. The van der Waals surface area contributed by atoms with E-state index in [-0.39, 0.29) is 5.97 Å². The third-order valence-corrected chi connectivity index (χ3v) is 3.53. The summed E-state index contributed by atoms with van der Waals surface area (Å²) in [5, 5.41) is 1.72. The Balaban J connectivity index is 2.92. The quantitative estimate of drug-likeness (QED) is 0.562. The third kappa shape index (κ3) is 4.80. The van der Waals surface area contributed by atoms with Gasteiger partial charge in [0.15, 0.2) is 0 Å². The van der Waals surface area contributed by atoms with Gasteiger partial charge in [-0.05, 0) is 43.0 Å². The number of aryl methyl sites for hydroxylation is 1. The molecule has 1 aromatic carbocycles. The van der Waals surface area contributed by atoms with Gasteiger partial charge < -0.3 is 4.74 Å². The molecule has 0 amide bonds. The van der Waals surface area contributed by atoms with Crippen LogP contribution in [0.5, 0.6) is 0 Å². The Bertz CT molecular complexity index is 378. The molecule has 0 fully saturated rings. The van der Waals surface area contributed by atoms with Gasteiger partial charge >= 0.3 is 5.97 Å². The Hall–Kier alpha value is -0.350. The Morgan fingerprint density at radius 2 is 1.94 bits per heavy atom. The normalized spacial score (nSPS) is 10.3. The van der Waals surface area contributed by atoms with Crippen molar-refractivity contribution in [3.8, 4) is 0 Å². The molecule has 94 valence electrons. The van der Waals surface area contributed by atoms with Crippen molar-refractivity contribution in [2.75, 3.05) is 11.9 Å². The van der Waals surface area contributed by atoms with Crippen LogP contribution in [0.15, 0.2) is 18.2 Å². The molecule has 1 aromatic rings. The molecule has 0 N–H and O–H groups in total. The van der Waals surface area contributed by atoms with Crippen molar-refractivity contribution in [2.24, 2.45) is 0 Å². The van der Waals surface area contributed by atoms with Crippen molar-refractivity contribution in [3.05, 3.63) is 34.9 Å². The molecule has 17 heavy (non-hydrogen) atoms. The molecule has 0 aliphatic rings. The number of alkyl halides is 2. The van der Waals surface area contributed by atoms with Gasteiger partial charge in [-0.15, -0.1) is 0 Å².